The van der Waals surface area contributed by atoms with Gasteiger partial charge >= 0.3 is 18.2 Å². The number of piperidine rings is 2. The van der Waals surface area contributed by atoms with Crippen molar-refractivity contribution in [3.05, 3.63) is 69.7 Å². The minimum Gasteiger partial charge on any atom is -0.481 e. The van der Waals surface area contributed by atoms with Crippen LogP contribution in [0.25, 0.3) is 0 Å². The first-order valence-corrected chi connectivity index (χ1v) is 18.8. The predicted molar refractivity (Wildman–Crippen MR) is 206 cm³/mol. The van der Waals surface area contributed by atoms with Crippen LogP contribution < -0.4 is 16.0 Å². The van der Waals surface area contributed by atoms with Crippen LogP contribution in [0.2, 0.25) is 10.0 Å². The van der Waals surface area contributed by atoms with E-state index in [9.17, 15) is 19.2 Å². The third-order valence-electron chi connectivity index (χ3n) is 7.91. The number of likely N-dealkylation sites (tertiary alicyclic amines) is 1. The number of carbonyl (C=O) groups is 4. The summed E-state index contributed by atoms with van der Waals surface area (Å²) < 4.78 is 10.4. The number of hydrogen-bond acceptors (Lipinski definition) is 7. The van der Waals surface area contributed by atoms with Crippen LogP contribution in [0, 0.1) is 5.92 Å². The molecule has 2 unspecified atom stereocenters. The van der Waals surface area contributed by atoms with Crippen LogP contribution in [-0.4, -0.2) is 84.0 Å². The molecule has 0 aromatic heterocycles. The zero-order chi connectivity index (χ0) is 38.7. The maximum absolute atomic E-state index is 12.5. The number of carbonyl (C=O) groups excluding carboxylic acids is 3. The maximum atomic E-state index is 12.5. The van der Waals surface area contributed by atoms with Crippen LogP contribution in [0.1, 0.15) is 91.2 Å². The lowest BCUT2D eigenvalue weighted by molar-refractivity contribution is -0.137. The molecule has 0 spiro atoms. The molecule has 2 heterocycles. The number of alkyl carbamates (subject to hydrolysis) is 2. The Morgan fingerprint density at radius 1 is 0.808 bits per heavy atom. The van der Waals surface area contributed by atoms with Crippen molar-refractivity contribution in [3.8, 4) is 0 Å². The van der Waals surface area contributed by atoms with Crippen molar-refractivity contribution in [2.24, 2.45) is 5.92 Å². The zero-order valence-corrected chi connectivity index (χ0v) is 33.1. The van der Waals surface area contributed by atoms with Crippen molar-refractivity contribution in [1.82, 2.24) is 20.9 Å². The van der Waals surface area contributed by atoms with Crippen LogP contribution in [0.3, 0.4) is 0 Å². The quantitative estimate of drug-likeness (QED) is 0.204. The van der Waals surface area contributed by atoms with Crippen molar-refractivity contribution < 1.29 is 33.8 Å². The van der Waals surface area contributed by atoms with Crippen LogP contribution >= 0.6 is 23.2 Å². The number of hydrogen-bond donors (Lipinski definition) is 4. The van der Waals surface area contributed by atoms with Crippen molar-refractivity contribution in [2.45, 2.75) is 110 Å². The zero-order valence-electron chi connectivity index (χ0n) is 31.6. The fourth-order valence-electron chi connectivity index (χ4n) is 5.40. The fourth-order valence-corrected chi connectivity index (χ4v) is 5.65. The summed E-state index contributed by atoms with van der Waals surface area (Å²) in [5, 5.41) is 18.8. The Morgan fingerprint density at radius 3 is 1.85 bits per heavy atom. The molecule has 2 aromatic carbocycles. The molecule has 2 atom stereocenters. The highest BCUT2D eigenvalue weighted by molar-refractivity contribution is 6.30. The van der Waals surface area contributed by atoms with Gasteiger partial charge in [0.05, 0.1) is 0 Å². The molecule has 4 N–H and O–H groups in total. The molecule has 0 aliphatic carbocycles. The van der Waals surface area contributed by atoms with Gasteiger partial charge in [0.25, 0.3) is 0 Å². The van der Waals surface area contributed by atoms with Crippen molar-refractivity contribution in [2.75, 3.05) is 32.7 Å². The number of carboxylic acid groups (broad SMARTS) is 1. The molecule has 290 valence electrons. The third kappa shape index (κ3) is 21.1. The lowest BCUT2D eigenvalue weighted by Crippen LogP contribution is -2.50. The van der Waals surface area contributed by atoms with Crippen molar-refractivity contribution in [3.63, 3.8) is 0 Å². The number of aliphatic carboxylic acids is 1. The number of ether oxygens (including phenoxy) is 2. The topological polar surface area (TPSA) is 146 Å². The van der Waals surface area contributed by atoms with Crippen LogP contribution in [0.15, 0.2) is 48.5 Å². The largest absolute Gasteiger partial charge is 0.481 e. The van der Waals surface area contributed by atoms with E-state index in [-0.39, 0.29) is 24.5 Å². The second-order valence-corrected chi connectivity index (χ2v) is 15.9. The third-order valence-corrected chi connectivity index (χ3v) is 8.41. The molecule has 2 fully saturated rings. The molecule has 3 amide bonds. The number of carboxylic acids is 1. The van der Waals surface area contributed by atoms with Crippen molar-refractivity contribution in [1.29, 1.82) is 0 Å². The van der Waals surface area contributed by atoms with E-state index in [1.807, 2.05) is 82.8 Å². The highest BCUT2D eigenvalue weighted by atomic mass is 35.5. The smallest absolute Gasteiger partial charge is 0.407 e. The molecule has 52 heavy (non-hydrogen) atoms. The van der Waals surface area contributed by atoms with Crippen LogP contribution in [-0.2, 0) is 31.9 Å². The normalized spacial score (nSPS) is 17.3. The maximum Gasteiger partial charge on any atom is 0.407 e. The van der Waals surface area contributed by atoms with Gasteiger partial charge in [-0.05, 0) is 134 Å². The molecule has 0 bridgehead atoms. The fraction of sp³-hybridized carbons (Fsp3) is 0.590. The molecule has 2 aromatic rings. The minimum absolute atomic E-state index is 0.0527. The number of amides is 3. The molecule has 2 saturated heterocycles. The van der Waals surface area contributed by atoms with Gasteiger partial charge in [0.1, 0.15) is 11.2 Å². The van der Waals surface area contributed by atoms with E-state index in [4.69, 9.17) is 37.8 Å². The first kappa shape index (κ1) is 44.6. The Balaban J connectivity index is 0.000000295. The number of nitrogens with zero attached hydrogens (tertiary/aromatic N) is 1. The average Bonchev–Trinajstić information content (AvgIpc) is 3.06. The minimum atomic E-state index is -0.773. The average molecular weight is 766 g/mol. The van der Waals surface area contributed by atoms with E-state index in [2.05, 4.69) is 16.0 Å². The van der Waals surface area contributed by atoms with E-state index in [1.165, 1.54) is 12.8 Å². The lowest BCUT2D eigenvalue weighted by atomic mass is 10.00. The van der Waals surface area contributed by atoms with E-state index in [0.717, 1.165) is 43.6 Å². The van der Waals surface area contributed by atoms with E-state index < -0.39 is 23.3 Å². The summed E-state index contributed by atoms with van der Waals surface area (Å²) in [4.78, 5) is 47.7. The van der Waals surface area contributed by atoms with E-state index in [1.54, 1.807) is 12.1 Å². The van der Waals surface area contributed by atoms with Gasteiger partial charge in [-0.25, -0.2) is 9.59 Å². The second-order valence-electron chi connectivity index (χ2n) is 15.1. The highest BCUT2D eigenvalue weighted by Crippen LogP contribution is 2.16. The molecular formula is C39H58Cl2N4O7. The summed E-state index contributed by atoms with van der Waals surface area (Å²) in [6.07, 6.45) is 5.27. The Morgan fingerprint density at radius 2 is 1.35 bits per heavy atom. The van der Waals surface area contributed by atoms with Crippen LogP contribution in [0.4, 0.5) is 9.59 Å². The monoisotopic (exact) mass is 764 g/mol. The molecular weight excluding hydrogens is 707 g/mol. The molecule has 11 nitrogen and oxygen atoms in total. The molecule has 0 saturated carbocycles. The van der Waals surface area contributed by atoms with Gasteiger partial charge in [0.2, 0.25) is 5.91 Å². The number of benzene rings is 2. The Bertz CT molecular complexity index is 1390. The van der Waals surface area contributed by atoms with Crippen molar-refractivity contribution >= 4 is 47.3 Å². The number of rotatable bonds is 9. The molecule has 13 heteroatoms. The molecule has 4 rings (SSSR count). The lowest BCUT2D eigenvalue weighted by Gasteiger charge is -2.33. The summed E-state index contributed by atoms with van der Waals surface area (Å²) in [5.41, 5.74) is 1.17. The summed E-state index contributed by atoms with van der Waals surface area (Å²) in [7, 11) is 0. The number of nitrogens with one attached hydrogen (secondary N) is 3. The number of aryl methyl sites for hydroxylation is 2. The van der Waals surface area contributed by atoms with Gasteiger partial charge in [0, 0.05) is 48.6 Å². The summed E-state index contributed by atoms with van der Waals surface area (Å²) in [6, 6.07) is 14.7. The predicted octanol–water partition coefficient (Wildman–Crippen LogP) is 7.66. The van der Waals surface area contributed by atoms with Gasteiger partial charge in [-0.15, -0.1) is 0 Å². The van der Waals surface area contributed by atoms with E-state index >= 15 is 0 Å². The SMILES string of the molecule is CC(C)(C)OC(=O)NC1CCCN(C(=O)CCc2ccc(Cl)cc2)C1.CC(C)(C)OC(=O)NCC1CCCNC1.O=C(O)CCc1ccc(Cl)cc1. The van der Waals surface area contributed by atoms with Gasteiger partial charge in [-0.1, -0.05) is 47.5 Å². The number of halogens is 2. The Labute approximate surface area is 319 Å². The summed E-state index contributed by atoms with van der Waals surface area (Å²) >= 11 is 11.5. The van der Waals surface area contributed by atoms with Crippen LogP contribution in [0.5, 0.6) is 0 Å². The van der Waals surface area contributed by atoms with Gasteiger partial charge in [0.15, 0.2) is 0 Å². The van der Waals surface area contributed by atoms with E-state index in [0.29, 0.717) is 48.3 Å². The van der Waals surface area contributed by atoms with Gasteiger partial charge < -0.3 is 35.4 Å². The summed E-state index contributed by atoms with van der Waals surface area (Å²) in [5.74, 6) is -0.109. The molecule has 2 aliphatic rings. The molecule has 0 radical (unpaired) electrons. The molecule has 2 aliphatic heterocycles. The Kier molecular flexibility index (Phi) is 19.3. The first-order valence-electron chi connectivity index (χ1n) is 18.0. The highest BCUT2D eigenvalue weighted by Gasteiger charge is 2.26. The standard InChI is InChI=1S/C19H27ClN2O3.C11H22N2O2.C9H9ClO2/c1-19(2,3)25-18(24)21-16-5-4-12-22(13-16)17(23)11-8-14-6-9-15(20)10-7-14;1-11(2,3)15-10(14)13-8-9-5-4-6-12-7-9;10-8-4-1-7(2-5-8)3-6-9(11)12/h6-7,9-10,16H,4-5,8,11-13H2,1-3H3,(H,21,24);9,12H,4-8H2,1-3H3,(H,13,14);1-2,4-5H,3,6H2,(H,11,12). The first-order chi connectivity index (χ1) is 24.4. The second kappa shape index (κ2) is 22.5. The van der Waals surface area contributed by atoms with Gasteiger partial charge in [-0.2, -0.15) is 0 Å². The Hall–Kier alpha value is -3.54. The van der Waals surface area contributed by atoms with Gasteiger partial charge in [-0.3, -0.25) is 9.59 Å². The summed E-state index contributed by atoms with van der Waals surface area (Å²) in [6.45, 7) is 15.2.